The van der Waals surface area contributed by atoms with Gasteiger partial charge in [0, 0.05) is 23.3 Å². The Bertz CT molecular complexity index is 979. The Labute approximate surface area is 186 Å². The van der Waals surface area contributed by atoms with Crippen LogP contribution >= 0.6 is 0 Å². The first-order chi connectivity index (χ1) is 15.4. The minimum Gasteiger partial charge on any atom is -0.313 e. The van der Waals surface area contributed by atoms with Crippen molar-refractivity contribution in [3.8, 4) is 0 Å². The maximum absolute atomic E-state index is 4.05. The average Bonchev–Trinajstić information content (AvgIpc) is 3.49. The third kappa shape index (κ3) is 2.93. The van der Waals surface area contributed by atoms with Crippen LogP contribution in [0.25, 0.3) is 0 Å². The lowest BCUT2D eigenvalue weighted by atomic mass is 9.55. The fourth-order valence-corrected chi connectivity index (χ4v) is 7.53. The molecule has 1 N–H and O–H groups in total. The molecule has 0 aromatic heterocycles. The highest BCUT2D eigenvalue weighted by Gasteiger charge is 2.56. The quantitative estimate of drug-likeness (QED) is 0.502. The molecule has 1 heteroatoms. The van der Waals surface area contributed by atoms with Gasteiger partial charge in [-0.25, -0.2) is 0 Å². The summed E-state index contributed by atoms with van der Waals surface area (Å²) < 4.78 is 0. The fraction of sp³-hybridized carbons (Fsp3) is 0.400. The molecule has 3 unspecified atom stereocenters. The Morgan fingerprint density at radius 3 is 1.84 bits per heavy atom. The first-order valence-corrected chi connectivity index (χ1v) is 12.3. The minimum atomic E-state index is 0.0128. The van der Waals surface area contributed by atoms with Crippen molar-refractivity contribution in [3.63, 3.8) is 0 Å². The second-order valence-corrected chi connectivity index (χ2v) is 9.92. The molecule has 2 aliphatic carbocycles. The molecule has 158 valence electrons. The fourth-order valence-electron chi connectivity index (χ4n) is 7.53. The number of rotatable bonds is 4. The van der Waals surface area contributed by atoms with Crippen molar-refractivity contribution in [3.05, 3.63) is 107 Å². The van der Waals surface area contributed by atoms with E-state index < -0.39 is 0 Å². The largest absolute Gasteiger partial charge is 0.313 e. The average molecular weight is 408 g/mol. The van der Waals surface area contributed by atoms with Crippen molar-refractivity contribution in [1.82, 2.24) is 5.32 Å². The maximum Gasteiger partial charge on any atom is 0.0314 e. The van der Waals surface area contributed by atoms with Crippen LogP contribution in [-0.2, 0) is 5.41 Å². The molecule has 1 aliphatic heterocycles. The van der Waals surface area contributed by atoms with E-state index in [9.17, 15) is 0 Å². The molecule has 3 aliphatic rings. The molecule has 0 bridgehead atoms. The van der Waals surface area contributed by atoms with Gasteiger partial charge in [0.25, 0.3) is 0 Å². The number of nitrogens with one attached hydrogen (secondary N) is 1. The Balaban J connectivity index is 1.66. The predicted octanol–water partition coefficient (Wildman–Crippen LogP) is 6.80. The lowest BCUT2D eigenvalue weighted by Crippen LogP contribution is -2.51. The third-order valence-corrected chi connectivity index (χ3v) is 8.59. The molecule has 0 amide bonds. The number of hydrogen-bond acceptors (Lipinski definition) is 1. The van der Waals surface area contributed by atoms with E-state index in [0.717, 1.165) is 6.54 Å². The summed E-state index contributed by atoms with van der Waals surface area (Å²) in [6.45, 7) is 1.15. The Morgan fingerprint density at radius 2 is 1.19 bits per heavy atom. The number of benzene rings is 3. The van der Waals surface area contributed by atoms with E-state index in [1.54, 1.807) is 11.1 Å². The monoisotopic (exact) mass is 407 g/mol. The van der Waals surface area contributed by atoms with Gasteiger partial charge in [0.05, 0.1) is 0 Å². The van der Waals surface area contributed by atoms with Crippen LogP contribution in [0.2, 0.25) is 0 Å². The predicted molar refractivity (Wildman–Crippen MR) is 129 cm³/mol. The first-order valence-electron chi connectivity index (χ1n) is 12.3. The summed E-state index contributed by atoms with van der Waals surface area (Å²) in [5.41, 5.74) is 6.26. The zero-order chi connectivity index (χ0) is 20.7. The highest BCUT2D eigenvalue weighted by Crippen LogP contribution is 2.61. The van der Waals surface area contributed by atoms with Crippen molar-refractivity contribution >= 4 is 0 Å². The second-order valence-electron chi connectivity index (χ2n) is 9.92. The summed E-state index contributed by atoms with van der Waals surface area (Å²) in [5.74, 6) is 1.79. The number of fused-ring (bicyclic) bond motifs is 3. The van der Waals surface area contributed by atoms with Gasteiger partial charge in [-0.15, -0.1) is 0 Å². The van der Waals surface area contributed by atoms with Gasteiger partial charge in [-0.05, 0) is 60.4 Å². The number of piperidine rings is 1. The lowest BCUT2D eigenvalue weighted by molar-refractivity contribution is 0.209. The van der Waals surface area contributed by atoms with E-state index >= 15 is 0 Å². The Hall–Kier alpha value is -2.38. The van der Waals surface area contributed by atoms with Crippen molar-refractivity contribution in [2.24, 2.45) is 5.92 Å². The molecule has 6 rings (SSSR count). The van der Waals surface area contributed by atoms with E-state index in [2.05, 4.69) is 90.2 Å². The van der Waals surface area contributed by atoms with Gasteiger partial charge >= 0.3 is 0 Å². The van der Waals surface area contributed by atoms with E-state index in [1.807, 2.05) is 0 Å². The molecule has 3 aromatic rings. The van der Waals surface area contributed by atoms with Crippen LogP contribution in [0, 0.1) is 5.92 Å². The van der Waals surface area contributed by atoms with Crippen LogP contribution in [0.3, 0.4) is 0 Å². The van der Waals surface area contributed by atoms with Crippen molar-refractivity contribution in [2.75, 3.05) is 6.54 Å². The summed E-state index contributed by atoms with van der Waals surface area (Å²) in [6, 6.07) is 33.0. The minimum absolute atomic E-state index is 0.0128. The van der Waals surface area contributed by atoms with Crippen LogP contribution in [0.15, 0.2) is 84.9 Å². The van der Waals surface area contributed by atoms with Gasteiger partial charge in [-0.2, -0.15) is 0 Å². The van der Waals surface area contributed by atoms with E-state index in [4.69, 9.17) is 0 Å². The van der Waals surface area contributed by atoms with Gasteiger partial charge in [-0.3, -0.25) is 0 Å². The number of hydrogen-bond donors (Lipinski definition) is 1. The molecule has 0 spiro atoms. The molecule has 1 nitrogen and oxygen atoms in total. The van der Waals surface area contributed by atoms with E-state index in [-0.39, 0.29) is 5.41 Å². The summed E-state index contributed by atoms with van der Waals surface area (Å²) in [6.07, 6.45) is 7.99. The van der Waals surface area contributed by atoms with Gasteiger partial charge in [0.2, 0.25) is 0 Å². The highest BCUT2D eigenvalue weighted by atomic mass is 15.0. The highest BCUT2D eigenvalue weighted by molar-refractivity contribution is 5.53. The third-order valence-electron chi connectivity index (χ3n) is 8.59. The summed E-state index contributed by atoms with van der Waals surface area (Å²) in [5, 5.41) is 4.05. The van der Waals surface area contributed by atoms with Crippen molar-refractivity contribution < 1.29 is 0 Å². The van der Waals surface area contributed by atoms with Crippen LogP contribution in [0.4, 0.5) is 0 Å². The molecule has 3 aromatic carbocycles. The molecule has 3 atom stereocenters. The van der Waals surface area contributed by atoms with Crippen LogP contribution in [-0.4, -0.2) is 12.6 Å². The summed E-state index contributed by atoms with van der Waals surface area (Å²) in [4.78, 5) is 0. The molecule has 0 radical (unpaired) electrons. The molecule has 1 saturated heterocycles. The SMILES string of the molecule is c1ccc(C(c2ccccc2)(C2CCCC2)C2c3ccccc3C3CCCNC32)cc1. The smallest absolute Gasteiger partial charge is 0.0314 e. The second kappa shape index (κ2) is 7.95. The molecule has 2 fully saturated rings. The first kappa shape index (κ1) is 19.3. The van der Waals surface area contributed by atoms with Gasteiger partial charge in [0.15, 0.2) is 0 Å². The summed E-state index contributed by atoms with van der Waals surface area (Å²) in [7, 11) is 0. The van der Waals surface area contributed by atoms with Crippen LogP contribution < -0.4 is 5.32 Å². The molecule has 31 heavy (non-hydrogen) atoms. The standard InChI is InChI=1S/C30H33N/c1-3-12-22(13-4-1)30(24-16-7-8-17-24,23-14-5-2-6-15-23)28-26-19-10-9-18-25(26)27-20-11-21-31-29(27)28/h1-6,9-10,12-15,18-19,24,27-29,31H,7-8,11,16-17,20-21H2. The zero-order valence-corrected chi connectivity index (χ0v) is 18.3. The molecule has 1 heterocycles. The normalized spacial score (nSPS) is 25.9. The van der Waals surface area contributed by atoms with Crippen molar-refractivity contribution in [2.45, 2.75) is 61.8 Å². The topological polar surface area (TPSA) is 12.0 Å². The van der Waals surface area contributed by atoms with Gasteiger partial charge < -0.3 is 5.32 Å². The Morgan fingerprint density at radius 1 is 0.613 bits per heavy atom. The van der Waals surface area contributed by atoms with Gasteiger partial charge in [-0.1, -0.05) is 97.8 Å². The van der Waals surface area contributed by atoms with Gasteiger partial charge in [0.1, 0.15) is 0 Å². The molecular formula is C30H33N. The van der Waals surface area contributed by atoms with Crippen molar-refractivity contribution in [1.29, 1.82) is 0 Å². The molecule has 1 saturated carbocycles. The summed E-state index contributed by atoms with van der Waals surface area (Å²) >= 11 is 0. The molecular weight excluding hydrogens is 374 g/mol. The lowest BCUT2D eigenvalue weighted by Gasteiger charge is -2.49. The van der Waals surface area contributed by atoms with E-state index in [1.165, 1.54) is 49.7 Å². The van der Waals surface area contributed by atoms with Crippen LogP contribution in [0.1, 0.15) is 72.6 Å². The van der Waals surface area contributed by atoms with Crippen LogP contribution in [0.5, 0.6) is 0 Å². The Kier molecular flexibility index (Phi) is 4.95. The zero-order valence-electron chi connectivity index (χ0n) is 18.3. The van der Waals surface area contributed by atoms with E-state index in [0.29, 0.717) is 23.8 Å². The maximum atomic E-state index is 4.05.